The molecule has 1 N–H and O–H groups in total. The average Bonchev–Trinajstić information content (AvgIpc) is 2.30. The molecule has 2 nitrogen and oxygen atoms in total. The molecule has 1 fully saturated rings. The number of halogens is 1. The molecule has 2 rings (SSSR count). The summed E-state index contributed by atoms with van der Waals surface area (Å²) in [6.07, 6.45) is 0. The van der Waals surface area contributed by atoms with E-state index in [9.17, 15) is 0 Å². The average molecular weight is 241 g/mol. The predicted octanol–water partition coefficient (Wildman–Crippen LogP) is 2.64. The fourth-order valence-corrected chi connectivity index (χ4v) is 2.17. The summed E-state index contributed by atoms with van der Waals surface area (Å²) in [5, 5.41) is 3.39. The summed E-state index contributed by atoms with van der Waals surface area (Å²) in [5.74, 6) is 0.607. The van der Waals surface area contributed by atoms with E-state index in [1.165, 1.54) is 11.3 Å². The quantitative estimate of drug-likeness (QED) is 0.855. The summed E-state index contributed by atoms with van der Waals surface area (Å²) < 4.78 is 0. The molecule has 3 heteroatoms. The Hall–Kier alpha value is -0.730. The van der Waals surface area contributed by atoms with Gasteiger partial charge in [0.25, 0.3) is 0 Å². The van der Waals surface area contributed by atoms with E-state index in [4.69, 9.17) is 0 Å². The second kappa shape index (κ2) is 6.12. The Labute approximate surface area is 104 Å². The molecule has 0 saturated carbocycles. The van der Waals surface area contributed by atoms with Crippen molar-refractivity contribution in [2.24, 2.45) is 0 Å². The van der Waals surface area contributed by atoms with Crippen molar-refractivity contribution in [3.63, 3.8) is 0 Å². The van der Waals surface area contributed by atoms with Crippen LogP contribution >= 0.6 is 12.4 Å². The van der Waals surface area contributed by atoms with E-state index in [1.807, 2.05) is 0 Å². The van der Waals surface area contributed by atoms with Crippen LogP contribution in [-0.2, 0) is 0 Å². The number of rotatable bonds is 2. The molecule has 0 spiro atoms. The Morgan fingerprint density at radius 3 is 2.38 bits per heavy atom. The maximum atomic E-state index is 3.39. The van der Waals surface area contributed by atoms with Crippen LogP contribution in [0.25, 0.3) is 0 Å². The Balaban J connectivity index is 0.00000128. The van der Waals surface area contributed by atoms with Gasteiger partial charge in [-0.25, -0.2) is 0 Å². The fraction of sp³-hybridized carbons (Fsp3) is 0.538. The van der Waals surface area contributed by atoms with Crippen LogP contribution in [0.4, 0.5) is 5.69 Å². The third-order valence-electron chi connectivity index (χ3n) is 3.02. The maximum absolute atomic E-state index is 3.39. The van der Waals surface area contributed by atoms with Crippen molar-refractivity contribution < 1.29 is 0 Å². The lowest BCUT2D eigenvalue weighted by atomic mass is 10.0. The van der Waals surface area contributed by atoms with Crippen LogP contribution in [-0.4, -0.2) is 26.2 Å². The molecule has 0 aliphatic carbocycles. The summed E-state index contributed by atoms with van der Waals surface area (Å²) >= 11 is 0. The zero-order valence-corrected chi connectivity index (χ0v) is 10.9. The standard InChI is InChI=1S/C13H20N2.ClH/c1-11(2)12-5-3-4-6-13(12)15-9-7-14-8-10-15;/h3-6,11,14H,7-10H2,1-2H3;1H. The monoisotopic (exact) mass is 240 g/mol. The lowest BCUT2D eigenvalue weighted by Crippen LogP contribution is -2.43. The molecule has 90 valence electrons. The van der Waals surface area contributed by atoms with Crippen LogP contribution in [0.5, 0.6) is 0 Å². The summed E-state index contributed by atoms with van der Waals surface area (Å²) in [7, 11) is 0. The van der Waals surface area contributed by atoms with E-state index in [-0.39, 0.29) is 12.4 Å². The van der Waals surface area contributed by atoms with E-state index in [2.05, 4.69) is 48.3 Å². The number of para-hydroxylation sites is 1. The topological polar surface area (TPSA) is 15.3 Å². The molecule has 0 atom stereocenters. The Kier molecular flexibility index (Phi) is 5.10. The maximum Gasteiger partial charge on any atom is 0.0402 e. The van der Waals surface area contributed by atoms with Gasteiger partial charge in [0.15, 0.2) is 0 Å². The predicted molar refractivity (Wildman–Crippen MR) is 72.9 cm³/mol. The molecule has 0 radical (unpaired) electrons. The summed E-state index contributed by atoms with van der Waals surface area (Å²) in [6.45, 7) is 8.99. The van der Waals surface area contributed by atoms with Crippen molar-refractivity contribution in [3.05, 3.63) is 29.8 Å². The summed E-state index contributed by atoms with van der Waals surface area (Å²) in [4.78, 5) is 2.49. The van der Waals surface area contributed by atoms with E-state index >= 15 is 0 Å². The zero-order chi connectivity index (χ0) is 10.7. The van der Waals surface area contributed by atoms with E-state index < -0.39 is 0 Å². The highest BCUT2D eigenvalue weighted by molar-refractivity contribution is 5.85. The van der Waals surface area contributed by atoms with Crippen LogP contribution in [0.1, 0.15) is 25.3 Å². The van der Waals surface area contributed by atoms with Gasteiger partial charge in [-0.3, -0.25) is 0 Å². The minimum Gasteiger partial charge on any atom is -0.369 e. The number of hydrogen-bond donors (Lipinski definition) is 1. The normalized spacial score (nSPS) is 16.1. The number of anilines is 1. The molecule has 1 aliphatic heterocycles. The minimum absolute atomic E-state index is 0. The Morgan fingerprint density at radius 2 is 1.75 bits per heavy atom. The SMILES string of the molecule is CC(C)c1ccccc1N1CCNCC1.Cl. The van der Waals surface area contributed by atoms with Gasteiger partial charge >= 0.3 is 0 Å². The van der Waals surface area contributed by atoms with Crippen LogP contribution in [0.15, 0.2) is 24.3 Å². The third kappa shape index (κ3) is 2.89. The number of hydrogen-bond acceptors (Lipinski definition) is 2. The van der Waals surface area contributed by atoms with Crippen LogP contribution < -0.4 is 10.2 Å². The van der Waals surface area contributed by atoms with Crippen LogP contribution in [0.3, 0.4) is 0 Å². The number of piperazine rings is 1. The van der Waals surface area contributed by atoms with Crippen LogP contribution in [0.2, 0.25) is 0 Å². The van der Waals surface area contributed by atoms with E-state index in [0.717, 1.165) is 26.2 Å². The lowest BCUT2D eigenvalue weighted by Gasteiger charge is -2.31. The largest absolute Gasteiger partial charge is 0.369 e. The van der Waals surface area contributed by atoms with Gasteiger partial charge in [-0.15, -0.1) is 12.4 Å². The second-order valence-electron chi connectivity index (χ2n) is 4.45. The van der Waals surface area contributed by atoms with Gasteiger partial charge in [0.05, 0.1) is 0 Å². The first-order valence-electron chi connectivity index (χ1n) is 5.83. The summed E-state index contributed by atoms with van der Waals surface area (Å²) in [5.41, 5.74) is 2.90. The van der Waals surface area contributed by atoms with Crippen molar-refractivity contribution in [2.75, 3.05) is 31.1 Å². The first-order valence-corrected chi connectivity index (χ1v) is 5.83. The molecule has 1 heterocycles. The van der Waals surface area contributed by atoms with Gasteiger partial charge in [-0.05, 0) is 17.5 Å². The molecule has 16 heavy (non-hydrogen) atoms. The van der Waals surface area contributed by atoms with Gasteiger partial charge in [0, 0.05) is 31.9 Å². The first-order chi connectivity index (χ1) is 7.29. The second-order valence-corrected chi connectivity index (χ2v) is 4.45. The fourth-order valence-electron chi connectivity index (χ4n) is 2.17. The zero-order valence-electron chi connectivity index (χ0n) is 10.1. The molecule has 1 aromatic rings. The van der Waals surface area contributed by atoms with Crippen molar-refractivity contribution in [1.29, 1.82) is 0 Å². The van der Waals surface area contributed by atoms with Gasteiger partial charge in [0.1, 0.15) is 0 Å². The molecule has 0 aromatic heterocycles. The van der Waals surface area contributed by atoms with Crippen molar-refractivity contribution >= 4 is 18.1 Å². The van der Waals surface area contributed by atoms with Crippen LogP contribution in [0, 0.1) is 0 Å². The first kappa shape index (κ1) is 13.3. The van der Waals surface area contributed by atoms with E-state index in [1.54, 1.807) is 0 Å². The smallest absolute Gasteiger partial charge is 0.0402 e. The third-order valence-corrected chi connectivity index (χ3v) is 3.02. The molecule has 0 bridgehead atoms. The number of nitrogens with zero attached hydrogens (tertiary/aromatic N) is 1. The van der Waals surface area contributed by atoms with Crippen molar-refractivity contribution in [3.8, 4) is 0 Å². The molecule has 0 amide bonds. The highest BCUT2D eigenvalue weighted by atomic mass is 35.5. The van der Waals surface area contributed by atoms with Gasteiger partial charge < -0.3 is 10.2 Å². The number of nitrogens with one attached hydrogen (secondary N) is 1. The van der Waals surface area contributed by atoms with Gasteiger partial charge in [-0.2, -0.15) is 0 Å². The molecular formula is C13H21ClN2. The molecule has 0 unspecified atom stereocenters. The minimum atomic E-state index is 0. The van der Waals surface area contributed by atoms with Gasteiger partial charge in [-0.1, -0.05) is 32.0 Å². The lowest BCUT2D eigenvalue weighted by molar-refractivity contribution is 0.586. The highest BCUT2D eigenvalue weighted by Gasteiger charge is 2.14. The van der Waals surface area contributed by atoms with E-state index in [0.29, 0.717) is 5.92 Å². The van der Waals surface area contributed by atoms with Gasteiger partial charge in [0.2, 0.25) is 0 Å². The molecular weight excluding hydrogens is 220 g/mol. The Bertz CT molecular complexity index is 319. The highest BCUT2D eigenvalue weighted by Crippen LogP contribution is 2.27. The molecule has 1 aromatic carbocycles. The number of benzene rings is 1. The molecule has 1 saturated heterocycles. The molecule has 1 aliphatic rings. The van der Waals surface area contributed by atoms with Crippen molar-refractivity contribution in [1.82, 2.24) is 5.32 Å². The Morgan fingerprint density at radius 1 is 1.12 bits per heavy atom. The van der Waals surface area contributed by atoms with Crippen molar-refractivity contribution in [2.45, 2.75) is 19.8 Å². The summed E-state index contributed by atoms with van der Waals surface area (Å²) in [6, 6.07) is 8.78.